The number of hydrogen-bond donors (Lipinski definition) is 2. The van der Waals surface area contributed by atoms with E-state index in [0.29, 0.717) is 5.82 Å². The third-order valence-corrected chi connectivity index (χ3v) is 4.70. The average molecular weight is 408 g/mol. The molecular weight excluding hydrogens is 391 g/mol. The molecular formula is C15H17IN6. The highest BCUT2D eigenvalue weighted by molar-refractivity contribution is 14.1. The van der Waals surface area contributed by atoms with E-state index in [9.17, 15) is 0 Å². The molecule has 2 aromatic heterocycles. The van der Waals surface area contributed by atoms with Crippen molar-refractivity contribution in [1.29, 1.82) is 0 Å². The molecule has 0 bridgehead atoms. The van der Waals surface area contributed by atoms with Gasteiger partial charge in [-0.25, -0.2) is 14.6 Å². The summed E-state index contributed by atoms with van der Waals surface area (Å²) in [5.41, 5.74) is 8.70. The van der Waals surface area contributed by atoms with Gasteiger partial charge in [-0.2, -0.15) is 5.10 Å². The van der Waals surface area contributed by atoms with E-state index in [2.05, 4.69) is 55.6 Å². The van der Waals surface area contributed by atoms with Crippen LogP contribution in [0.3, 0.4) is 0 Å². The molecule has 2 aromatic rings. The molecule has 0 saturated carbocycles. The Morgan fingerprint density at radius 1 is 1.45 bits per heavy atom. The van der Waals surface area contributed by atoms with Crippen LogP contribution in [0.2, 0.25) is 0 Å². The van der Waals surface area contributed by atoms with Gasteiger partial charge in [-0.05, 0) is 34.6 Å². The minimum Gasteiger partial charge on any atom is -0.390 e. The summed E-state index contributed by atoms with van der Waals surface area (Å²) in [5, 5.41) is 8.78. The van der Waals surface area contributed by atoms with Crippen LogP contribution in [0.5, 0.6) is 0 Å². The predicted octanol–water partition coefficient (Wildman–Crippen LogP) is 2.41. The molecule has 0 aliphatic carbocycles. The molecule has 0 amide bonds. The van der Waals surface area contributed by atoms with Crippen LogP contribution in [0.4, 0.5) is 5.82 Å². The molecule has 114 valence electrons. The van der Waals surface area contributed by atoms with Gasteiger partial charge in [-0.1, -0.05) is 18.7 Å². The summed E-state index contributed by atoms with van der Waals surface area (Å²) >= 11 is 2.28. The average Bonchev–Trinajstić information content (AvgIpc) is 2.86. The van der Waals surface area contributed by atoms with E-state index in [-0.39, 0.29) is 5.92 Å². The Morgan fingerprint density at radius 2 is 2.27 bits per heavy atom. The fourth-order valence-electron chi connectivity index (χ4n) is 2.53. The van der Waals surface area contributed by atoms with Crippen molar-refractivity contribution in [2.45, 2.75) is 12.3 Å². The summed E-state index contributed by atoms with van der Waals surface area (Å²) in [5.74, 6) is 0.609. The lowest BCUT2D eigenvalue weighted by atomic mass is 9.98. The van der Waals surface area contributed by atoms with Gasteiger partial charge in [0.15, 0.2) is 5.65 Å². The molecule has 3 rings (SSSR count). The first-order valence-corrected chi connectivity index (χ1v) is 8.05. The molecule has 0 spiro atoms. The standard InChI is InChI=1S/C15H17IN6/c1-9-3-4-10(5-6-18-7-11(9)16)13-12-14(17)19-8-20-15(12)22(2)21-13/h3-4,7-8,10,18H,1,5-6H2,2H3,(H2,17,19,20)/b4-3-,11-7?. The van der Waals surface area contributed by atoms with E-state index in [1.165, 1.54) is 6.33 Å². The van der Waals surface area contributed by atoms with Crippen molar-refractivity contribution in [2.24, 2.45) is 7.05 Å². The molecule has 0 aromatic carbocycles. The lowest BCUT2D eigenvalue weighted by Crippen LogP contribution is -2.11. The van der Waals surface area contributed by atoms with Gasteiger partial charge in [0, 0.05) is 29.3 Å². The van der Waals surface area contributed by atoms with Crippen molar-refractivity contribution in [3.05, 3.63) is 46.1 Å². The number of nitrogens with two attached hydrogens (primary N) is 1. The largest absolute Gasteiger partial charge is 0.390 e. The number of rotatable bonds is 1. The first-order chi connectivity index (χ1) is 10.6. The first kappa shape index (κ1) is 15.0. The van der Waals surface area contributed by atoms with Crippen molar-refractivity contribution >= 4 is 39.4 Å². The topological polar surface area (TPSA) is 81.7 Å². The van der Waals surface area contributed by atoms with Crippen molar-refractivity contribution < 1.29 is 0 Å². The van der Waals surface area contributed by atoms with Gasteiger partial charge in [-0.15, -0.1) is 0 Å². The minimum atomic E-state index is 0.136. The third-order valence-electron chi connectivity index (χ3n) is 3.69. The summed E-state index contributed by atoms with van der Waals surface area (Å²) < 4.78 is 2.86. The van der Waals surface area contributed by atoms with E-state index in [1.54, 1.807) is 4.68 Å². The van der Waals surface area contributed by atoms with E-state index in [0.717, 1.165) is 38.8 Å². The Morgan fingerprint density at radius 3 is 3.09 bits per heavy atom. The molecule has 3 heterocycles. The molecule has 1 aliphatic heterocycles. The van der Waals surface area contributed by atoms with Crippen LogP contribution in [0.15, 0.2) is 40.4 Å². The Kier molecular flexibility index (Phi) is 4.14. The number of aromatic nitrogens is 4. The number of halogens is 1. The van der Waals surface area contributed by atoms with Crippen molar-refractivity contribution in [3.8, 4) is 0 Å². The fourth-order valence-corrected chi connectivity index (χ4v) is 2.93. The van der Waals surface area contributed by atoms with Gasteiger partial charge in [0.2, 0.25) is 0 Å². The number of aryl methyl sites for hydroxylation is 1. The lowest BCUT2D eigenvalue weighted by molar-refractivity contribution is 0.661. The molecule has 7 heteroatoms. The number of nitrogen functional groups attached to an aromatic ring is 1. The molecule has 6 nitrogen and oxygen atoms in total. The number of allylic oxidation sites excluding steroid dienone is 4. The Labute approximate surface area is 142 Å². The second-order valence-electron chi connectivity index (χ2n) is 5.19. The maximum atomic E-state index is 6.05. The van der Waals surface area contributed by atoms with Gasteiger partial charge in [0.05, 0.1) is 11.1 Å². The van der Waals surface area contributed by atoms with Gasteiger partial charge in [0.1, 0.15) is 12.1 Å². The number of fused-ring (bicyclic) bond motifs is 1. The summed E-state index contributed by atoms with van der Waals surface area (Å²) in [4.78, 5) is 8.39. The molecule has 1 aliphatic rings. The molecule has 0 radical (unpaired) electrons. The van der Waals surface area contributed by atoms with Crippen LogP contribution in [0.1, 0.15) is 18.0 Å². The maximum absolute atomic E-state index is 6.05. The summed E-state index contributed by atoms with van der Waals surface area (Å²) in [6.07, 6.45) is 8.54. The van der Waals surface area contributed by atoms with Crippen molar-refractivity contribution in [3.63, 3.8) is 0 Å². The van der Waals surface area contributed by atoms with Crippen LogP contribution >= 0.6 is 22.6 Å². The molecule has 1 atom stereocenters. The van der Waals surface area contributed by atoms with Crippen LogP contribution in [-0.2, 0) is 7.05 Å². The normalized spacial score (nSPS) is 20.7. The second kappa shape index (κ2) is 6.07. The quantitative estimate of drug-likeness (QED) is 0.709. The zero-order valence-electron chi connectivity index (χ0n) is 12.3. The highest BCUT2D eigenvalue weighted by Crippen LogP contribution is 2.31. The number of hydrogen-bond acceptors (Lipinski definition) is 5. The zero-order chi connectivity index (χ0) is 15.7. The van der Waals surface area contributed by atoms with Gasteiger partial charge >= 0.3 is 0 Å². The van der Waals surface area contributed by atoms with Crippen LogP contribution < -0.4 is 11.1 Å². The molecule has 3 N–H and O–H groups in total. The number of nitrogens with zero attached hydrogens (tertiary/aromatic N) is 4. The summed E-state index contributed by atoms with van der Waals surface area (Å²) in [6.45, 7) is 4.92. The van der Waals surface area contributed by atoms with Crippen molar-refractivity contribution in [2.75, 3.05) is 12.3 Å². The van der Waals surface area contributed by atoms with E-state index < -0.39 is 0 Å². The van der Waals surface area contributed by atoms with Gasteiger partial charge < -0.3 is 11.1 Å². The Bertz CT molecular complexity index is 789. The minimum absolute atomic E-state index is 0.136. The SMILES string of the molecule is C=C1/C=C\C(c2nn(C)c3ncnc(N)c23)CCNC=C1I. The van der Waals surface area contributed by atoms with Crippen molar-refractivity contribution in [1.82, 2.24) is 25.1 Å². The summed E-state index contributed by atoms with van der Waals surface area (Å²) in [6, 6.07) is 0. The predicted molar refractivity (Wildman–Crippen MR) is 96.5 cm³/mol. The van der Waals surface area contributed by atoms with Crippen LogP contribution in [0.25, 0.3) is 11.0 Å². The maximum Gasteiger partial charge on any atom is 0.163 e. The number of nitrogens with one attached hydrogen (secondary N) is 1. The fraction of sp³-hybridized carbons (Fsp3) is 0.267. The van der Waals surface area contributed by atoms with Gasteiger partial charge in [-0.3, -0.25) is 0 Å². The van der Waals surface area contributed by atoms with E-state index >= 15 is 0 Å². The zero-order valence-corrected chi connectivity index (χ0v) is 14.4. The Hall–Kier alpha value is -1.90. The molecule has 1 unspecified atom stereocenters. The lowest BCUT2D eigenvalue weighted by Gasteiger charge is -2.10. The monoisotopic (exact) mass is 408 g/mol. The Balaban J connectivity index is 2.07. The van der Waals surface area contributed by atoms with Crippen LogP contribution in [0, 0.1) is 0 Å². The highest BCUT2D eigenvalue weighted by atomic mass is 127. The number of anilines is 1. The molecule has 0 fully saturated rings. The molecule has 0 saturated heterocycles. The summed E-state index contributed by atoms with van der Waals surface area (Å²) in [7, 11) is 1.87. The first-order valence-electron chi connectivity index (χ1n) is 6.97. The second-order valence-corrected chi connectivity index (χ2v) is 6.35. The van der Waals surface area contributed by atoms with Gasteiger partial charge in [0.25, 0.3) is 0 Å². The van der Waals surface area contributed by atoms with E-state index in [1.807, 2.05) is 19.3 Å². The highest BCUT2D eigenvalue weighted by Gasteiger charge is 2.20. The smallest absolute Gasteiger partial charge is 0.163 e. The van der Waals surface area contributed by atoms with E-state index in [4.69, 9.17) is 5.73 Å². The van der Waals surface area contributed by atoms with Crippen LogP contribution in [-0.4, -0.2) is 26.3 Å². The third kappa shape index (κ3) is 2.72. The molecule has 22 heavy (non-hydrogen) atoms.